The maximum Gasteiger partial charge on any atom is 0.148 e. The third kappa shape index (κ3) is 2.98. The number of hydrazine groups is 1. The van der Waals surface area contributed by atoms with Crippen molar-refractivity contribution < 1.29 is 4.74 Å². The Kier molecular flexibility index (Phi) is 4.51. The predicted octanol–water partition coefficient (Wildman–Crippen LogP) is 2.91. The highest BCUT2D eigenvalue weighted by molar-refractivity contribution is 7.80. The molecule has 0 spiro atoms. The molecule has 0 atom stereocenters. The average molecular weight is 340 g/mol. The maximum atomic E-state index is 6.09. The molecule has 0 saturated carbocycles. The first-order chi connectivity index (χ1) is 11.5. The van der Waals surface area contributed by atoms with Crippen molar-refractivity contribution in [2.45, 2.75) is 20.5 Å². The van der Waals surface area contributed by atoms with Crippen LogP contribution in [-0.4, -0.2) is 14.5 Å². The molecule has 0 aliphatic heterocycles. The van der Waals surface area contributed by atoms with Crippen molar-refractivity contribution in [1.82, 2.24) is 15.0 Å². The fraction of sp³-hybridized carbons (Fsp3) is 0.222. The van der Waals surface area contributed by atoms with E-state index in [9.17, 15) is 0 Å². The lowest BCUT2D eigenvalue weighted by Gasteiger charge is -2.12. The van der Waals surface area contributed by atoms with E-state index >= 15 is 0 Å². The molecule has 0 aliphatic rings. The summed E-state index contributed by atoms with van der Waals surface area (Å²) in [5.74, 6) is 7.08. The Morgan fingerprint density at radius 1 is 1.29 bits per heavy atom. The van der Waals surface area contributed by atoms with E-state index in [1.54, 1.807) is 0 Å². The van der Waals surface area contributed by atoms with E-state index in [1.165, 1.54) is 5.56 Å². The number of fused-ring (bicyclic) bond motifs is 1. The Hall–Kier alpha value is -2.44. The van der Waals surface area contributed by atoms with Gasteiger partial charge in [-0.05, 0) is 37.1 Å². The zero-order valence-corrected chi connectivity index (χ0v) is 14.8. The first kappa shape index (κ1) is 16.4. The van der Waals surface area contributed by atoms with Crippen LogP contribution in [0.5, 0.6) is 5.75 Å². The van der Waals surface area contributed by atoms with E-state index in [-0.39, 0.29) is 0 Å². The minimum atomic E-state index is 0.469. The SMILES string of the molecule is Cc1ccccc1COc1cc(C(=S)NN)cc2c1nc(C)n2C. The van der Waals surface area contributed by atoms with Gasteiger partial charge in [0.15, 0.2) is 0 Å². The topological polar surface area (TPSA) is 65.1 Å². The molecule has 3 rings (SSSR count). The monoisotopic (exact) mass is 340 g/mol. The molecule has 124 valence electrons. The standard InChI is InChI=1S/C18H20N4OS/c1-11-6-4-5-7-13(11)10-23-16-9-14(18(24)21-19)8-15-17(16)20-12(2)22(15)3/h4-9H,10,19H2,1-3H3,(H,21,24). The number of hydrogen-bond donors (Lipinski definition) is 2. The lowest BCUT2D eigenvalue weighted by molar-refractivity contribution is 0.308. The van der Waals surface area contributed by atoms with Gasteiger partial charge < -0.3 is 14.7 Å². The number of nitrogens with two attached hydrogens (primary N) is 1. The summed E-state index contributed by atoms with van der Waals surface area (Å²) in [6.07, 6.45) is 0. The molecule has 24 heavy (non-hydrogen) atoms. The van der Waals surface area contributed by atoms with Crippen molar-refractivity contribution in [3.05, 3.63) is 58.9 Å². The van der Waals surface area contributed by atoms with Crippen molar-refractivity contribution in [3.8, 4) is 5.75 Å². The fourth-order valence-corrected chi connectivity index (χ4v) is 2.74. The maximum absolute atomic E-state index is 6.09. The molecular weight excluding hydrogens is 320 g/mol. The summed E-state index contributed by atoms with van der Waals surface area (Å²) < 4.78 is 8.10. The number of imidazole rings is 1. The Bertz CT molecular complexity index is 917. The van der Waals surface area contributed by atoms with Crippen molar-refractivity contribution in [2.75, 3.05) is 0 Å². The van der Waals surface area contributed by atoms with Crippen molar-refractivity contribution in [1.29, 1.82) is 0 Å². The number of benzene rings is 2. The van der Waals surface area contributed by atoms with E-state index in [0.717, 1.165) is 28.0 Å². The van der Waals surface area contributed by atoms with Crippen LogP contribution in [0.1, 0.15) is 22.5 Å². The number of ether oxygens (including phenoxy) is 1. The van der Waals surface area contributed by atoms with Gasteiger partial charge in [-0.1, -0.05) is 36.5 Å². The lowest BCUT2D eigenvalue weighted by atomic mass is 10.1. The number of nitrogens with zero attached hydrogens (tertiary/aromatic N) is 2. The van der Waals surface area contributed by atoms with Crippen LogP contribution in [0.2, 0.25) is 0 Å². The zero-order valence-electron chi connectivity index (χ0n) is 14.0. The summed E-state index contributed by atoms with van der Waals surface area (Å²) in [5, 5.41) is 0. The summed E-state index contributed by atoms with van der Waals surface area (Å²) in [6, 6.07) is 12.0. The van der Waals surface area contributed by atoms with Gasteiger partial charge >= 0.3 is 0 Å². The molecule has 0 saturated heterocycles. The normalized spacial score (nSPS) is 10.8. The molecule has 0 radical (unpaired) electrons. The Labute approximate surface area is 146 Å². The summed E-state index contributed by atoms with van der Waals surface area (Å²) in [4.78, 5) is 5.09. The van der Waals surface area contributed by atoms with Gasteiger partial charge in [0.05, 0.1) is 5.52 Å². The van der Waals surface area contributed by atoms with Gasteiger partial charge in [0, 0.05) is 12.6 Å². The molecule has 0 aliphatic carbocycles. The second-order valence-corrected chi connectivity index (χ2v) is 6.16. The predicted molar refractivity (Wildman–Crippen MR) is 100.0 cm³/mol. The molecular formula is C18H20N4OS. The fourth-order valence-electron chi connectivity index (χ4n) is 2.62. The lowest BCUT2D eigenvalue weighted by Crippen LogP contribution is -2.29. The number of aromatic nitrogens is 2. The second kappa shape index (κ2) is 6.59. The number of rotatable bonds is 4. The van der Waals surface area contributed by atoms with Gasteiger partial charge in [0.25, 0.3) is 0 Å². The van der Waals surface area contributed by atoms with Crippen molar-refractivity contribution in [3.63, 3.8) is 0 Å². The van der Waals surface area contributed by atoms with Gasteiger partial charge in [0.2, 0.25) is 0 Å². The minimum absolute atomic E-state index is 0.469. The first-order valence-electron chi connectivity index (χ1n) is 7.66. The average Bonchev–Trinajstić information content (AvgIpc) is 2.88. The molecule has 3 N–H and O–H groups in total. The van der Waals surface area contributed by atoms with E-state index < -0.39 is 0 Å². The molecule has 0 fully saturated rings. The molecule has 0 unspecified atom stereocenters. The zero-order chi connectivity index (χ0) is 17.3. The number of aryl methyl sites for hydroxylation is 3. The van der Waals surface area contributed by atoms with Crippen molar-refractivity contribution >= 4 is 28.2 Å². The Morgan fingerprint density at radius 3 is 2.75 bits per heavy atom. The second-order valence-electron chi connectivity index (χ2n) is 5.75. The third-order valence-electron chi connectivity index (χ3n) is 4.21. The van der Waals surface area contributed by atoms with Gasteiger partial charge in [0.1, 0.15) is 28.7 Å². The van der Waals surface area contributed by atoms with Crippen molar-refractivity contribution in [2.24, 2.45) is 12.9 Å². The largest absolute Gasteiger partial charge is 0.487 e. The van der Waals surface area contributed by atoms with Crippen LogP contribution in [0, 0.1) is 13.8 Å². The van der Waals surface area contributed by atoms with E-state index in [0.29, 0.717) is 17.3 Å². The minimum Gasteiger partial charge on any atom is -0.487 e. The summed E-state index contributed by atoms with van der Waals surface area (Å²) in [5.41, 5.74) is 7.46. The number of hydrogen-bond acceptors (Lipinski definition) is 4. The highest BCUT2D eigenvalue weighted by Gasteiger charge is 2.14. The van der Waals surface area contributed by atoms with Crippen LogP contribution in [0.15, 0.2) is 36.4 Å². The highest BCUT2D eigenvalue weighted by atomic mass is 32.1. The molecule has 1 heterocycles. The van der Waals surface area contributed by atoms with Crippen LogP contribution in [0.3, 0.4) is 0 Å². The quantitative estimate of drug-likeness (QED) is 0.434. The molecule has 5 nitrogen and oxygen atoms in total. The van der Waals surface area contributed by atoms with E-state index in [2.05, 4.69) is 29.5 Å². The van der Waals surface area contributed by atoms with E-state index in [4.69, 9.17) is 22.8 Å². The molecule has 2 aromatic carbocycles. The van der Waals surface area contributed by atoms with Crippen LogP contribution in [0.4, 0.5) is 0 Å². The Balaban J connectivity index is 2.03. The van der Waals surface area contributed by atoms with Crippen LogP contribution in [0.25, 0.3) is 11.0 Å². The summed E-state index contributed by atoms with van der Waals surface area (Å²) in [6.45, 7) is 4.51. The van der Waals surface area contributed by atoms with E-state index in [1.807, 2.05) is 42.8 Å². The highest BCUT2D eigenvalue weighted by Crippen LogP contribution is 2.28. The molecule has 0 bridgehead atoms. The Morgan fingerprint density at radius 2 is 2.04 bits per heavy atom. The van der Waals surface area contributed by atoms with Crippen LogP contribution < -0.4 is 16.0 Å². The van der Waals surface area contributed by atoms with Gasteiger partial charge in [-0.2, -0.15) is 0 Å². The number of thiocarbonyl (C=S) groups is 1. The molecule has 3 aromatic rings. The third-order valence-corrected chi connectivity index (χ3v) is 4.57. The summed E-state index contributed by atoms with van der Waals surface area (Å²) in [7, 11) is 1.97. The molecule has 6 heteroatoms. The van der Waals surface area contributed by atoms with Gasteiger partial charge in [-0.15, -0.1) is 0 Å². The van der Waals surface area contributed by atoms with Gasteiger partial charge in [-0.3, -0.25) is 0 Å². The smallest absolute Gasteiger partial charge is 0.148 e. The van der Waals surface area contributed by atoms with Gasteiger partial charge in [-0.25, -0.2) is 10.8 Å². The summed E-state index contributed by atoms with van der Waals surface area (Å²) >= 11 is 5.27. The first-order valence-corrected chi connectivity index (χ1v) is 8.07. The number of nitrogens with one attached hydrogen (secondary N) is 1. The van der Waals surface area contributed by atoms with Crippen LogP contribution >= 0.6 is 12.2 Å². The van der Waals surface area contributed by atoms with Crippen LogP contribution in [-0.2, 0) is 13.7 Å². The molecule has 1 aromatic heterocycles. The molecule has 0 amide bonds.